The third kappa shape index (κ3) is 6.44. The zero-order valence-corrected chi connectivity index (χ0v) is 19.1. The van der Waals surface area contributed by atoms with Crippen LogP contribution in [0.5, 0.6) is 0 Å². The van der Waals surface area contributed by atoms with E-state index in [4.69, 9.17) is 12.2 Å². The number of sulfonamides is 1. The number of thioether (sulfide) groups is 1. The van der Waals surface area contributed by atoms with Crippen LogP contribution in [0.15, 0.2) is 23.1 Å². The molecule has 0 aliphatic carbocycles. The number of anilines is 1. The van der Waals surface area contributed by atoms with E-state index < -0.39 is 10.0 Å². The molecule has 1 amide bonds. The molecule has 6 nitrogen and oxygen atoms in total. The van der Waals surface area contributed by atoms with Gasteiger partial charge in [0.1, 0.15) is 4.32 Å². The van der Waals surface area contributed by atoms with Crippen molar-refractivity contribution in [1.29, 1.82) is 0 Å². The molecule has 0 aliphatic heterocycles. The Labute approximate surface area is 172 Å². The first kappa shape index (κ1) is 23.9. The summed E-state index contributed by atoms with van der Waals surface area (Å²) in [5.74, 6) is -0.0361. The first-order chi connectivity index (χ1) is 12.7. The Morgan fingerprint density at radius 2 is 1.70 bits per heavy atom. The number of rotatable bonds is 9. The number of thiocarbonyl (C=S) groups is 1. The molecular formula is C18H29N3O3S3. The fraction of sp³-hybridized carbons (Fsp3) is 0.556. The van der Waals surface area contributed by atoms with Crippen LogP contribution >= 0.6 is 24.0 Å². The van der Waals surface area contributed by atoms with Crippen LogP contribution in [0, 0.1) is 6.92 Å². The Morgan fingerprint density at radius 3 is 2.22 bits per heavy atom. The minimum absolute atomic E-state index is 0.182. The van der Waals surface area contributed by atoms with E-state index in [9.17, 15) is 13.2 Å². The molecule has 0 bridgehead atoms. The third-order valence-corrected chi connectivity index (χ3v) is 7.86. The molecule has 27 heavy (non-hydrogen) atoms. The molecule has 1 aromatic carbocycles. The molecule has 0 unspecified atom stereocenters. The van der Waals surface area contributed by atoms with Crippen LogP contribution in [-0.4, -0.2) is 59.8 Å². The molecule has 1 N–H and O–H groups in total. The van der Waals surface area contributed by atoms with Crippen molar-refractivity contribution in [3.05, 3.63) is 23.8 Å². The fourth-order valence-electron chi connectivity index (χ4n) is 2.56. The number of nitrogens with one attached hydrogen (secondary N) is 1. The standard InChI is InChI=1S/C18H29N3O3S3/c1-6-20(7-2)18(25)26-13-17(22)19-15-11-10-14(5)16(12-15)27(23,24)21(8-3)9-4/h10-12H,6-9,13H2,1-5H3,(H,19,22). The Hall–Kier alpha value is -1.16. The molecule has 0 radical (unpaired) electrons. The van der Waals surface area contributed by atoms with Crippen LogP contribution in [0.2, 0.25) is 0 Å². The van der Waals surface area contributed by atoms with Gasteiger partial charge in [-0.25, -0.2) is 8.42 Å². The summed E-state index contributed by atoms with van der Waals surface area (Å²) in [6, 6.07) is 4.94. The number of hydrogen-bond acceptors (Lipinski definition) is 5. The summed E-state index contributed by atoms with van der Waals surface area (Å²) in [6.07, 6.45) is 0. The van der Waals surface area contributed by atoms with Crippen molar-refractivity contribution in [2.75, 3.05) is 37.2 Å². The molecule has 9 heteroatoms. The number of benzene rings is 1. The average molecular weight is 432 g/mol. The first-order valence-electron chi connectivity index (χ1n) is 9.03. The minimum atomic E-state index is -3.58. The molecule has 0 heterocycles. The lowest BCUT2D eigenvalue weighted by molar-refractivity contribution is -0.113. The summed E-state index contributed by atoms with van der Waals surface area (Å²) in [4.78, 5) is 14.5. The van der Waals surface area contributed by atoms with Crippen molar-refractivity contribution >= 4 is 49.9 Å². The van der Waals surface area contributed by atoms with Gasteiger partial charge in [0.2, 0.25) is 15.9 Å². The van der Waals surface area contributed by atoms with E-state index in [2.05, 4.69) is 5.32 Å². The normalized spacial score (nSPS) is 11.5. The van der Waals surface area contributed by atoms with Crippen molar-refractivity contribution in [3.8, 4) is 0 Å². The Balaban J connectivity index is 2.88. The van der Waals surface area contributed by atoms with Gasteiger partial charge in [0, 0.05) is 31.9 Å². The van der Waals surface area contributed by atoms with Crippen molar-refractivity contribution in [1.82, 2.24) is 9.21 Å². The number of nitrogens with zero attached hydrogens (tertiary/aromatic N) is 2. The molecule has 1 rings (SSSR count). The SMILES string of the molecule is CCN(CC)C(=S)SCC(=O)Nc1ccc(C)c(S(=O)(=O)N(CC)CC)c1. The summed E-state index contributed by atoms with van der Waals surface area (Å²) in [7, 11) is -3.58. The number of carbonyl (C=O) groups is 1. The van der Waals surface area contributed by atoms with Crippen LogP contribution in [0.4, 0.5) is 5.69 Å². The summed E-state index contributed by atoms with van der Waals surface area (Å²) >= 11 is 6.63. The monoisotopic (exact) mass is 431 g/mol. The Bertz CT molecular complexity index is 758. The van der Waals surface area contributed by atoms with Crippen LogP contribution in [0.25, 0.3) is 0 Å². The maximum atomic E-state index is 12.8. The lowest BCUT2D eigenvalue weighted by Gasteiger charge is -2.21. The van der Waals surface area contributed by atoms with Crippen molar-refractivity contribution in [2.24, 2.45) is 0 Å². The van der Waals surface area contributed by atoms with E-state index in [1.807, 2.05) is 18.7 Å². The van der Waals surface area contributed by atoms with E-state index in [1.54, 1.807) is 32.9 Å². The average Bonchev–Trinajstić information content (AvgIpc) is 2.63. The van der Waals surface area contributed by atoms with Crippen molar-refractivity contribution in [3.63, 3.8) is 0 Å². The van der Waals surface area contributed by atoms with Crippen molar-refractivity contribution < 1.29 is 13.2 Å². The van der Waals surface area contributed by atoms with Gasteiger partial charge in [-0.05, 0) is 38.5 Å². The van der Waals surface area contributed by atoms with E-state index in [-0.39, 0.29) is 16.6 Å². The summed E-state index contributed by atoms with van der Waals surface area (Å²) < 4.78 is 27.7. The molecule has 1 aromatic rings. The van der Waals surface area contributed by atoms with E-state index in [0.29, 0.717) is 28.7 Å². The minimum Gasteiger partial charge on any atom is -0.358 e. The largest absolute Gasteiger partial charge is 0.358 e. The number of hydrogen-bond donors (Lipinski definition) is 1. The molecule has 0 aliphatic rings. The number of aryl methyl sites for hydroxylation is 1. The van der Waals surface area contributed by atoms with Gasteiger partial charge in [-0.15, -0.1) is 0 Å². The van der Waals surface area contributed by atoms with Gasteiger partial charge in [0.25, 0.3) is 0 Å². The van der Waals surface area contributed by atoms with Crippen LogP contribution in [-0.2, 0) is 14.8 Å². The lowest BCUT2D eigenvalue weighted by atomic mass is 10.2. The van der Waals surface area contributed by atoms with E-state index in [0.717, 1.165) is 13.1 Å². The van der Waals surface area contributed by atoms with Gasteiger partial charge >= 0.3 is 0 Å². The highest BCUT2D eigenvalue weighted by molar-refractivity contribution is 8.23. The Kier molecular flexibility index (Phi) is 9.72. The predicted molar refractivity (Wildman–Crippen MR) is 118 cm³/mol. The Morgan fingerprint density at radius 1 is 1.11 bits per heavy atom. The smallest absolute Gasteiger partial charge is 0.243 e. The number of carbonyl (C=O) groups excluding carboxylic acids is 1. The predicted octanol–water partition coefficient (Wildman–Crippen LogP) is 3.32. The van der Waals surface area contributed by atoms with E-state index >= 15 is 0 Å². The van der Waals surface area contributed by atoms with Gasteiger partial charge in [-0.2, -0.15) is 4.31 Å². The summed E-state index contributed by atoms with van der Waals surface area (Å²) in [6.45, 7) is 11.8. The second kappa shape index (κ2) is 11.0. The maximum absolute atomic E-state index is 12.8. The topological polar surface area (TPSA) is 69.7 Å². The molecule has 0 saturated heterocycles. The first-order valence-corrected chi connectivity index (χ1v) is 11.9. The highest BCUT2D eigenvalue weighted by Crippen LogP contribution is 2.24. The zero-order valence-electron chi connectivity index (χ0n) is 16.6. The zero-order chi connectivity index (χ0) is 20.6. The highest BCUT2D eigenvalue weighted by Gasteiger charge is 2.24. The van der Waals surface area contributed by atoms with Gasteiger partial charge in [0.05, 0.1) is 10.6 Å². The van der Waals surface area contributed by atoms with Crippen LogP contribution in [0.3, 0.4) is 0 Å². The van der Waals surface area contributed by atoms with Gasteiger partial charge < -0.3 is 10.2 Å². The summed E-state index contributed by atoms with van der Waals surface area (Å²) in [5, 5.41) is 2.77. The van der Waals surface area contributed by atoms with E-state index in [1.165, 1.54) is 22.1 Å². The third-order valence-electron chi connectivity index (χ3n) is 4.14. The quantitative estimate of drug-likeness (QED) is 0.605. The van der Waals surface area contributed by atoms with Gasteiger partial charge in [0.15, 0.2) is 0 Å². The molecule has 0 fully saturated rings. The molecule has 0 atom stereocenters. The van der Waals surface area contributed by atoms with Gasteiger partial charge in [-0.3, -0.25) is 4.79 Å². The van der Waals surface area contributed by atoms with Crippen molar-refractivity contribution in [2.45, 2.75) is 39.5 Å². The lowest BCUT2D eigenvalue weighted by Crippen LogP contribution is -2.31. The molecule has 0 aromatic heterocycles. The molecule has 0 saturated carbocycles. The second-order valence-corrected chi connectivity index (χ2v) is 9.36. The molecule has 0 spiro atoms. The number of amides is 1. The molecular weight excluding hydrogens is 402 g/mol. The highest BCUT2D eigenvalue weighted by atomic mass is 32.2. The molecule has 152 valence electrons. The second-order valence-electron chi connectivity index (χ2n) is 5.84. The fourth-order valence-corrected chi connectivity index (χ4v) is 5.47. The van der Waals surface area contributed by atoms with Gasteiger partial charge in [-0.1, -0.05) is 43.9 Å². The maximum Gasteiger partial charge on any atom is 0.243 e. The van der Waals surface area contributed by atoms with Crippen LogP contribution < -0.4 is 5.32 Å². The summed E-state index contributed by atoms with van der Waals surface area (Å²) in [5.41, 5.74) is 1.11. The van der Waals surface area contributed by atoms with Crippen LogP contribution in [0.1, 0.15) is 33.3 Å².